The van der Waals surface area contributed by atoms with Gasteiger partial charge >= 0.3 is 6.18 Å². The number of alkyl halides is 3. The molecular weight excluding hydrogens is 279 g/mol. The number of rotatable bonds is 4. The number of aliphatic hydroxyl groups excluding tert-OH is 1. The first-order chi connectivity index (χ1) is 9.79. The highest BCUT2D eigenvalue weighted by Crippen LogP contribution is 2.32. The molecule has 21 heavy (non-hydrogen) atoms. The lowest BCUT2D eigenvalue weighted by molar-refractivity contribution is -0.137. The van der Waals surface area contributed by atoms with Crippen molar-refractivity contribution in [1.82, 2.24) is 5.32 Å². The first-order valence-electron chi connectivity index (χ1n) is 7.37. The van der Waals surface area contributed by atoms with E-state index in [1.807, 2.05) is 0 Å². The minimum absolute atomic E-state index is 0.368. The van der Waals surface area contributed by atoms with Gasteiger partial charge in [-0.15, -0.1) is 0 Å². The number of benzene rings is 1. The summed E-state index contributed by atoms with van der Waals surface area (Å²) in [6.07, 6.45) is -2.86. The van der Waals surface area contributed by atoms with Crippen LogP contribution in [0.1, 0.15) is 43.9 Å². The Morgan fingerprint density at radius 1 is 1.19 bits per heavy atom. The number of hydrogen-bond donors (Lipinski definition) is 2. The standard InChI is InChI=1S/C16H22F3NO/c1-10-3-8-14(11(10)2)20-9-15(21)12-4-6-13(7-5-12)16(17,18)19/h4-7,10-11,14-15,20-21H,3,8-9H2,1-2H3. The summed E-state index contributed by atoms with van der Waals surface area (Å²) in [6.45, 7) is 4.78. The lowest BCUT2D eigenvalue weighted by Crippen LogP contribution is -2.35. The van der Waals surface area contributed by atoms with Crippen LogP contribution in [0.15, 0.2) is 24.3 Å². The van der Waals surface area contributed by atoms with Crippen LogP contribution in [0.25, 0.3) is 0 Å². The normalized spacial score (nSPS) is 27.8. The fraction of sp³-hybridized carbons (Fsp3) is 0.625. The van der Waals surface area contributed by atoms with Crippen molar-refractivity contribution in [2.24, 2.45) is 11.8 Å². The van der Waals surface area contributed by atoms with Gasteiger partial charge in [0.2, 0.25) is 0 Å². The molecule has 1 saturated carbocycles. The van der Waals surface area contributed by atoms with Gasteiger partial charge in [-0.25, -0.2) is 0 Å². The van der Waals surface area contributed by atoms with Gasteiger partial charge in [0, 0.05) is 12.6 Å². The zero-order valence-electron chi connectivity index (χ0n) is 12.3. The minimum Gasteiger partial charge on any atom is -0.387 e. The second-order valence-corrected chi connectivity index (χ2v) is 6.06. The molecule has 118 valence electrons. The summed E-state index contributed by atoms with van der Waals surface area (Å²) >= 11 is 0. The molecule has 0 amide bonds. The molecule has 0 aromatic heterocycles. The number of nitrogens with one attached hydrogen (secondary N) is 1. The predicted molar refractivity (Wildman–Crippen MR) is 75.8 cm³/mol. The molecule has 1 aliphatic rings. The van der Waals surface area contributed by atoms with Crippen LogP contribution in [0.2, 0.25) is 0 Å². The van der Waals surface area contributed by atoms with Gasteiger partial charge in [-0.1, -0.05) is 26.0 Å². The zero-order valence-corrected chi connectivity index (χ0v) is 12.3. The SMILES string of the molecule is CC1CCC(NCC(O)c2ccc(C(F)(F)F)cc2)C1C. The third-order valence-corrected chi connectivity index (χ3v) is 4.66. The van der Waals surface area contributed by atoms with E-state index in [1.54, 1.807) is 0 Å². The van der Waals surface area contributed by atoms with Gasteiger partial charge in [0.15, 0.2) is 0 Å². The number of halogens is 3. The summed E-state index contributed by atoms with van der Waals surface area (Å²) in [5.41, 5.74) is -0.182. The van der Waals surface area contributed by atoms with Crippen molar-refractivity contribution in [2.75, 3.05) is 6.54 Å². The zero-order chi connectivity index (χ0) is 15.6. The monoisotopic (exact) mass is 301 g/mol. The molecule has 2 rings (SSSR count). The smallest absolute Gasteiger partial charge is 0.387 e. The van der Waals surface area contributed by atoms with Crippen LogP contribution in [-0.2, 0) is 6.18 Å². The van der Waals surface area contributed by atoms with E-state index in [1.165, 1.54) is 18.6 Å². The van der Waals surface area contributed by atoms with E-state index in [9.17, 15) is 18.3 Å². The van der Waals surface area contributed by atoms with Gasteiger partial charge in [-0.05, 0) is 42.4 Å². The molecule has 1 aromatic rings. The van der Waals surface area contributed by atoms with Crippen molar-refractivity contribution in [2.45, 2.75) is 45.0 Å². The molecule has 4 atom stereocenters. The van der Waals surface area contributed by atoms with E-state index in [0.717, 1.165) is 18.6 Å². The highest BCUT2D eigenvalue weighted by atomic mass is 19.4. The molecule has 0 saturated heterocycles. The van der Waals surface area contributed by atoms with E-state index in [-0.39, 0.29) is 0 Å². The third-order valence-electron chi connectivity index (χ3n) is 4.66. The Labute approximate surface area is 123 Å². The van der Waals surface area contributed by atoms with Gasteiger partial charge in [-0.3, -0.25) is 0 Å². The molecule has 0 spiro atoms. The van der Waals surface area contributed by atoms with Crippen LogP contribution in [0, 0.1) is 11.8 Å². The summed E-state index contributed by atoms with van der Waals surface area (Å²) in [7, 11) is 0. The first kappa shape index (κ1) is 16.3. The number of hydrogen-bond acceptors (Lipinski definition) is 2. The van der Waals surface area contributed by atoms with Gasteiger partial charge in [0.1, 0.15) is 0 Å². The molecular formula is C16H22F3NO. The molecule has 4 unspecified atom stereocenters. The lowest BCUT2D eigenvalue weighted by atomic mass is 9.97. The first-order valence-corrected chi connectivity index (χ1v) is 7.37. The van der Waals surface area contributed by atoms with E-state index in [4.69, 9.17) is 0 Å². The molecule has 0 aliphatic heterocycles. The molecule has 0 radical (unpaired) electrons. The second kappa shape index (κ2) is 6.36. The van der Waals surface area contributed by atoms with Crippen LogP contribution >= 0.6 is 0 Å². The topological polar surface area (TPSA) is 32.3 Å². The van der Waals surface area contributed by atoms with Crippen molar-refractivity contribution in [3.8, 4) is 0 Å². The Morgan fingerprint density at radius 2 is 1.81 bits per heavy atom. The maximum absolute atomic E-state index is 12.5. The Bertz CT molecular complexity index is 458. The maximum Gasteiger partial charge on any atom is 0.416 e. The summed E-state index contributed by atoms with van der Waals surface area (Å²) in [5, 5.41) is 13.4. The molecule has 0 bridgehead atoms. The summed E-state index contributed by atoms with van der Waals surface area (Å²) in [5.74, 6) is 1.23. The molecule has 5 heteroatoms. The van der Waals surface area contributed by atoms with E-state index >= 15 is 0 Å². The Morgan fingerprint density at radius 3 is 2.29 bits per heavy atom. The minimum atomic E-state index is -4.34. The van der Waals surface area contributed by atoms with Crippen LogP contribution in [-0.4, -0.2) is 17.7 Å². The Kier molecular flexibility index (Phi) is 4.94. The number of aliphatic hydroxyl groups is 1. The van der Waals surface area contributed by atoms with Crippen LogP contribution in [0.5, 0.6) is 0 Å². The highest BCUT2D eigenvalue weighted by molar-refractivity contribution is 5.26. The van der Waals surface area contributed by atoms with Gasteiger partial charge < -0.3 is 10.4 Å². The maximum atomic E-state index is 12.5. The lowest BCUT2D eigenvalue weighted by Gasteiger charge is -2.22. The molecule has 1 aliphatic carbocycles. The quantitative estimate of drug-likeness (QED) is 0.887. The summed E-state index contributed by atoms with van der Waals surface area (Å²) < 4.78 is 37.4. The van der Waals surface area contributed by atoms with Crippen LogP contribution in [0.3, 0.4) is 0 Å². The van der Waals surface area contributed by atoms with Crippen LogP contribution in [0.4, 0.5) is 13.2 Å². The van der Waals surface area contributed by atoms with Gasteiger partial charge in [-0.2, -0.15) is 13.2 Å². The second-order valence-electron chi connectivity index (χ2n) is 6.06. The fourth-order valence-corrected chi connectivity index (χ4v) is 2.93. The molecule has 1 aromatic carbocycles. The van der Waals surface area contributed by atoms with Crippen molar-refractivity contribution >= 4 is 0 Å². The van der Waals surface area contributed by atoms with Crippen molar-refractivity contribution in [3.63, 3.8) is 0 Å². The Balaban J connectivity index is 1.90. The van der Waals surface area contributed by atoms with Gasteiger partial charge in [0.25, 0.3) is 0 Å². The largest absolute Gasteiger partial charge is 0.416 e. The summed E-state index contributed by atoms with van der Waals surface area (Å²) in [6, 6.07) is 5.09. The van der Waals surface area contributed by atoms with E-state index < -0.39 is 17.8 Å². The van der Waals surface area contributed by atoms with Crippen molar-refractivity contribution in [1.29, 1.82) is 0 Å². The third kappa shape index (κ3) is 3.98. The van der Waals surface area contributed by atoms with Crippen LogP contribution < -0.4 is 5.32 Å². The fourth-order valence-electron chi connectivity index (χ4n) is 2.93. The highest BCUT2D eigenvalue weighted by Gasteiger charge is 2.31. The summed E-state index contributed by atoms with van der Waals surface area (Å²) in [4.78, 5) is 0. The average Bonchev–Trinajstić information content (AvgIpc) is 2.75. The molecule has 0 heterocycles. The van der Waals surface area contributed by atoms with Crippen molar-refractivity contribution < 1.29 is 18.3 Å². The van der Waals surface area contributed by atoms with E-state index in [0.29, 0.717) is 30.0 Å². The average molecular weight is 301 g/mol. The van der Waals surface area contributed by atoms with Gasteiger partial charge in [0.05, 0.1) is 11.7 Å². The predicted octanol–water partition coefficient (Wildman–Crippen LogP) is 3.76. The van der Waals surface area contributed by atoms with Crippen molar-refractivity contribution in [3.05, 3.63) is 35.4 Å². The molecule has 1 fully saturated rings. The molecule has 2 N–H and O–H groups in total. The van der Waals surface area contributed by atoms with E-state index in [2.05, 4.69) is 19.2 Å². The molecule has 2 nitrogen and oxygen atoms in total. The Hall–Kier alpha value is -1.07.